The molecular weight excluding hydrogens is 296 g/mol. The fourth-order valence-corrected chi connectivity index (χ4v) is 4.66. The lowest BCUT2D eigenvalue weighted by Crippen LogP contribution is -1.87. The van der Waals surface area contributed by atoms with Gasteiger partial charge in [0, 0.05) is 30.4 Å². The van der Waals surface area contributed by atoms with Gasteiger partial charge >= 0.3 is 0 Å². The van der Waals surface area contributed by atoms with Crippen molar-refractivity contribution in [2.45, 2.75) is 19.6 Å². The largest absolute Gasteiger partial charge is 0.129 e. The highest BCUT2D eigenvalue weighted by molar-refractivity contribution is 8.00. The number of thioether (sulfide) groups is 4. The molecule has 2 aromatic rings. The van der Waals surface area contributed by atoms with Crippen molar-refractivity contribution in [3.63, 3.8) is 0 Å². The predicted molar refractivity (Wildman–Crippen MR) is 91.1 cm³/mol. The van der Waals surface area contributed by atoms with E-state index in [9.17, 15) is 0 Å². The van der Waals surface area contributed by atoms with Crippen molar-refractivity contribution < 1.29 is 0 Å². The first-order chi connectivity index (χ1) is 8.76. The molecular formula is C14H16S4. The summed E-state index contributed by atoms with van der Waals surface area (Å²) in [5.41, 5.74) is 0. The Kier molecular flexibility index (Phi) is 5.24. The average molecular weight is 313 g/mol. The molecule has 2 aromatic carbocycles. The molecule has 0 aliphatic heterocycles. The van der Waals surface area contributed by atoms with Crippen molar-refractivity contribution in [3.05, 3.63) is 24.3 Å². The van der Waals surface area contributed by atoms with Crippen LogP contribution < -0.4 is 0 Å². The van der Waals surface area contributed by atoms with E-state index in [2.05, 4.69) is 49.3 Å². The molecule has 96 valence electrons. The summed E-state index contributed by atoms with van der Waals surface area (Å²) in [6, 6.07) is 9.01. The summed E-state index contributed by atoms with van der Waals surface area (Å²) in [4.78, 5) is 5.51. The lowest BCUT2D eigenvalue weighted by molar-refractivity contribution is 1.33. The molecule has 0 bridgehead atoms. The molecule has 0 aliphatic rings. The third-order valence-electron chi connectivity index (χ3n) is 2.89. The van der Waals surface area contributed by atoms with Gasteiger partial charge in [0.1, 0.15) is 0 Å². The quantitative estimate of drug-likeness (QED) is 0.661. The van der Waals surface area contributed by atoms with Crippen LogP contribution in [0.1, 0.15) is 0 Å². The zero-order valence-corrected chi connectivity index (χ0v) is 14.2. The van der Waals surface area contributed by atoms with E-state index in [1.807, 2.05) is 47.0 Å². The Labute approximate surface area is 126 Å². The Bertz CT molecular complexity index is 466. The normalized spacial score (nSPS) is 11.1. The van der Waals surface area contributed by atoms with Crippen molar-refractivity contribution in [2.24, 2.45) is 0 Å². The molecule has 0 saturated heterocycles. The lowest BCUT2D eigenvalue weighted by atomic mass is 10.1. The summed E-state index contributed by atoms with van der Waals surface area (Å²) in [6.45, 7) is 0. The number of fused-ring (bicyclic) bond motifs is 1. The Morgan fingerprint density at radius 1 is 0.500 bits per heavy atom. The Balaban J connectivity index is 2.92. The van der Waals surface area contributed by atoms with Gasteiger partial charge in [-0.2, -0.15) is 0 Å². The predicted octanol–water partition coefficient (Wildman–Crippen LogP) is 5.73. The van der Waals surface area contributed by atoms with Gasteiger partial charge in [0.25, 0.3) is 0 Å². The van der Waals surface area contributed by atoms with E-state index < -0.39 is 0 Å². The van der Waals surface area contributed by atoms with Gasteiger partial charge in [-0.1, -0.05) is 0 Å². The number of rotatable bonds is 4. The summed E-state index contributed by atoms with van der Waals surface area (Å²) >= 11 is 7.34. The van der Waals surface area contributed by atoms with Crippen LogP contribution in [0.2, 0.25) is 0 Å². The maximum Gasteiger partial charge on any atom is 0.0160 e. The molecule has 0 spiro atoms. The van der Waals surface area contributed by atoms with E-state index in [0.29, 0.717) is 0 Å². The summed E-state index contributed by atoms with van der Waals surface area (Å²) in [5, 5.41) is 2.85. The highest BCUT2D eigenvalue weighted by atomic mass is 32.2. The minimum Gasteiger partial charge on any atom is -0.129 e. The van der Waals surface area contributed by atoms with E-state index in [1.54, 1.807) is 0 Å². The van der Waals surface area contributed by atoms with Gasteiger partial charge in [-0.3, -0.25) is 0 Å². The van der Waals surface area contributed by atoms with Crippen LogP contribution in [0.25, 0.3) is 10.8 Å². The molecule has 0 aromatic heterocycles. The average Bonchev–Trinajstić information content (AvgIpc) is 2.44. The standard InChI is InChI=1S/C14H16S4/c1-15-9-5-6-11(17-3)14-12(18-4)8-7-10(16-2)13(9)14/h5-8H,1-4H3. The molecule has 0 fully saturated rings. The SMILES string of the molecule is CSc1ccc(SC)c2c(SC)ccc(SC)c12. The second-order valence-corrected chi connectivity index (χ2v) is 7.08. The molecule has 0 atom stereocenters. The first-order valence-corrected chi connectivity index (χ1v) is 10.4. The van der Waals surface area contributed by atoms with Crippen LogP contribution in [-0.4, -0.2) is 25.0 Å². The summed E-state index contributed by atoms with van der Waals surface area (Å²) in [6.07, 6.45) is 8.62. The molecule has 0 radical (unpaired) electrons. The van der Waals surface area contributed by atoms with Crippen molar-refractivity contribution in [2.75, 3.05) is 25.0 Å². The number of hydrogen-bond acceptors (Lipinski definition) is 4. The number of hydrogen-bond donors (Lipinski definition) is 0. The maximum absolute atomic E-state index is 2.25. The molecule has 0 unspecified atom stereocenters. The summed E-state index contributed by atoms with van der Waals surface area (Å²) < 4.78 is 0. The van der Waals surface area contributed by atoms with Gasteiger partial charge in [-0.05, 0) is 49.3 Å². The third-order valence-corrected chi connectivity index (χ3v) is 6.01. The van der Waals surface area contributed by atoms with E-state index in [1.165, 1.54) is 30.4 Å². The second-order valence-electron chi connectivity index (χ2n) is 3.69. The van der Waals surface area contributed by atoms with Crippen molar-refractivity contribution in [1.29, 1.82) is 0 Å². The Hall–Kier alpha value is 0.1000. The minimum atomic E-state index is 1.38. The van der Waals surface area contributed by atoms with E-state index in [0.717, 1.165) is 0 Å². The highest BCUT2D eigenvalue weighted by Crippen LogP contribution is 2.42. The summed E-state index contributed by atoms with van der Waals surface area (Å²) in [5.74, 6) is 0. The van der Waals surface area contributed by atoms with E-state index in [4.69, 9.17) is 0 Å². The van der Waals surface area contributed by atoms with Gasteiger partial charge in [-0.25, -0.2) is 0 Å². The Morgan fingerprint density at radius 2 is 0.722 bits per heavy atom. The first kappa shape index (κ1) is 14.5. The molecule has 0 N–H and O–H groups in total. The zero-order valence-electron chi connectivity index (χ0n) is 10.9. The molecule has 0 saturated carbocycles. The molecule has 0 amide bonds. The van der Waals surface area contributed by atoms with Gasteiger partial charge in [0.2, 0.25) is 0 Å². The van der Waals surface area contributed by atoms with E-state index >= 15 is 0 Å². The third kappa shape index (κ3) is 2.53. The topological polar surface area (TPSA) is 0 Å². The molecule has 2 rings (SSSR count). The maximum atomic E-state index is 2.25. The highest BCUT2D eigenvalue weighted by Gasteiger charge is 2.12. The van der Waals surface area contributed by atoms with Crippen LogP contribution in [0.4, 0.5) is 0 Å². The zero-order chi connectivity index (χ0) is 13.1. The lowest BCUT2D eigenvalue weighted by Gasteiger charge is -2.14. The fourth-order valence-electron chi connectivity index (χ4n) is 2.05. The second kappa shape index (κ2) is 6.51. The van der Waals surface area contributed by atoms with Crippen LogP contribution in [0.15, 0.2) is 43.8 Å². The minimum absolute atomic E-state index is 1.38. The van der Waals surface area contributed by atoms with Crippen LogP contribution in [0.3, 0.4) is 0 Å². The van der Waals surface area contributed by atoms with E-state index in [-0.39, 0.29) is 0 Å². The van der Waals surface area contributed by atoms with Gasteiger partial charge < -0.3 is 0 Å². The Morgan fingerprint density at radius 3 is 0.889 bits per heavy atom. The van der Waals surface area contributed by atoms with Gasteiger partial charge in [0.15, 0.2) is 0 Å². The van der Waals surface area contributed by atoms with Crippen LogP contribution in [0.5, 0.6) is 0 Å². The molecule has 0 heterocycles. The fraction of sp³-hybridized carbons (Fsp3) is 0.286. The van der Waals surface area contributed by atoms with Gasteiger partial charge in [0.05, 0.1) is 0 Å². The smallest absolute Gasteiger partial charge is 0.0160 e. The molecule has 0 aliphatic carbocycles. The molecule has 0 nitrogen and oxygen atoms in total. The van der Waals surface area contributed by atoms with Crippen LogP contribution >= 0.6 is 47.0 Å². The first-order valence-electron chi connectivity index (χ1n) is 5.52. The molecule has 4 heteroatoms. The van der Waals surface area contributed by atoms with Crippen molar-refractivity contribution >= 4 is 57.8 Å². The van der Waals surface area contributed by atoms with Crippen molar-refractivity contribution in [1.82, 2.24) is 0 Å². The monoisotopic (exact) mass is 312 g/mol. The van der Waals surface area contributed by atoms with Crippen LogP contribution in [-0.2, 0) is 0 Å². The van der Waals surface area contributed by atoms with Crippen LogP contribution in [0, 0.1) is 0 Å². The summed E-state index contributed by atoms with van der Waals surface area (Å²) in [7, 11) is 0. The number of benzene rings is 2. The van der Waals surface area contributed by atoms with Gasteiger partial charge in [-0.15, -0.1) is 47.0 Å². The van der Waals surface area contributed by atoms with Crippen molar-refractivity contribution in [3.8, 4) is 0 Å². The molecule has 18 heavy (non-hydrogen) atoms.